The topological polar surface area (TPSA) is 48.2 Å². The Morgan fingerprint density at radius 1 is 0.905 bits per heavy atom. The van der Waals surface area contributed by atoms with Crippen LogP contribution in [0.1, 0.15) is 5.56 Å². The highest BCUT2D eigenvalue weighted by Gasteiger charge is 2.10. The molecule has 0 aliphatic rings. The number of methoxy groups -OCH3 is 1. The molecule has 0 unspecified atom stereocenters. The van der Waals surface area contributed by atoms with Crippen molar-refractivity contribution < 1.29 is 9.15 Å². The van der Waals surface area contributed by atoms with Crippen molar-refractivity contribution in [1.82, 2.24) is 10.2 Å². The molecule has 0 amide bonds. The van der Waals surface area contributed by atoms with Crippen LogP contribution in [-0.4, -0.2) is 17.3 Å². The Bertz CT molecular complexity index is 659. The van der Waals surface area contributed by atoms with Crippen LogP contribution >= 0.6 is 15.9 Å². The summed E-state index contributed by atoms with van der Waals surface area (Å²) >= 11 is 3.42. The number of ether oxygens (including phenoxy) is 1. The summed E-state index contributed by atoms with van der Waals surface area (Å²) in [5.41, 5.74) is 2.98. The monoisotopic (exact) mass is 344 g/mol. The number of alkyl halides is 1. The van der Waals surface area contributed by atoms with Crippen LogP contribution in [-0.2, 0) is 5.33 Å². The first-order valence-electron chi connectivity index (χ1n) is 6.43. The molecule has 4 nitrogen and oxygen atoms in total. The number of halogens is 1. The number of aromatic nitrogens is 2. The molecule has 0 aliphatic carbocycles. The summed E-state index contributed by atoms with van der Waals surface area (Å²) < 4.78 is 10.9. The van der Waals surface area contributed by atoms with Gasteiger partial charge in [-0.05, 0) is 42.0 Å². The third-order valence-electron chi connectivity index (χ3n) is 3.12. The first-order chi connectivity index (χ1) is 10.3. The molecule has 0 fully saturated rings. The van der Waals surface area contributed by atoms with Crippen molar-refractivity contribution >= 4 is 15.9 Å². The predicted molar refractivity (Wildman–Crippen MR) is 84.4 cm³/mol. The SMILES string of the molecule is COc1ccc(-c2nnc(-c3ccc(CBr)cc3)o2)cc1. The van der Waals surface area contributed by atoms with Crippen LogP contribution in [0.4, 0.5) is 0 Å². The van der Waals surface area contributed by atoms with E-state index in [2.05, 4.69) is 26.1 Å². The van der Waals surface area contributed by atoms with E-state index in [-0.39, 0.29) is 0 Å². The molecule has 0 saturated carbocycles. The van der Waals surface area contributed by atoms with Crippen LogP contribution in [0.25, 0.3) is 22.9 Å². The summed E-state index contributed by atoms with van der Waals surface area (Å²) in [6, 6.07) is 15.5. The predicted octanol–water partition coefficient (Wildman–Crippen LogP) is 4.31. The minimum absolute atomic E-state index is 0.497. The quantitative estimate of drug-likeness (QED) is 0.661. The van der Waals surface area contributed by atoms with E-state index in [1.54, 1.807) is 7.11 Å². The smallest absolute Gasteiger partial charge is 0.248 e. The van der Waals surface area contributed by atoms with Crippen LogP contribution in [0, 0.1) is 0 Å². The fourth-order valence-corrected chi connectivity index (χ4v) is 2.30. The van der Waals surface area contributed by atoms with Crippen LogP contribution in [0.2, 0.25) is 0 Å². The van der Waals surface area contributed by atoms with E-state index in [4.69, 9.17) is 9.15 Å². The second-order valence-corrected chi connectivity index (χ2v) is 5.03. The lowest BCUT2D eigenvalue weighted by Gasteiger charge is -1.99. The third-order valence-corrected chi connectivity index (χ3v) is 3.76. The molecule has 5 heteroatoms. The van der Waals surface area contributed by atoms with E-state index < -0.39 is 0 Å². The van der Waals surface area contributed by atoms with Gasteiger partial charge in [0.1, 0.15) is 5.75 Å². The molecular weight excluding hydrogens is 332 g/mol. The van der Waals surface area contributed by atoms with Gasteiger partial charge in [0.05, 0.1) is 7.11 Å². The molecule has 106 valence electrons. The lowest BCUT2D eigenvalue weighted by molar-refractivity contribution is 0.415. The van der Waals surface area contributed by atoms with E-state index >= 15 is 0 Å². The molecule has 2 aromatic carbocycles. The van der Waals surface area contributed by atoms with E-state index in [1.165, 1.54) is 5.56 Å². The van der Waals surface area contributed by atoms with E-state index in [1.807, 2.05) is 48.5 Å². The van der Waals surface area contributed by atoms with Crippen molar-refractivity contribution in [2.24, 2.45) is 0 Å². The molecule has 0 N–H and O–H groups in total. The van der Waals surface area contributed by atoms with Crippen LogP contribution in [0.15, 0.2) is 52.9 Å². The summed E-state index contributed by atoms with van der Waals surface area (Å²) in [5.74, 6) is 1.81. The van der Waals surface area contributed by atoms with Crippen LogP contribution < -0.4 is 4.74 Å². The van der Waals surface area contributed by atoms with Gasteiger partial charge in [-0.15, -0.1) is 10.2 Å². The van der Waals surface area contributed by atoms with Crippen LogP contribution in [0.3, 0.4) is 0 Å². The molecule has 21 heavy (non-hydrogen) atoms. The van der Waals surface area contributed by atoms with Gasteiger partial charge >= 0.3 is 0 Å². The van der Waals surface area contributed by atoms with Gasteiger partial charge in [-0.25, -0.2) is 0 Å². The average molecular weight is 345 g/mol. The summed E-state index contributed by atoms with van der Waals surface area (Å²) in [5, 5.41) is 9.02. The fourth-order valence-electron chi connectivity index (χ4n) is 1.93. The second kappa shape index (κ2) is 6.10. The van der Waals surface area contributed by atoms with Crippen molar-refractivity contribution in [3.8, 4) is 28.7 Å². The summed E-state index contributed by atoms with van der Waals surface area (Å²) in [6.07, 6.45) is 0. The number of hydrogen-bond donors (Lipinski definition) is 0. The number of benzene rings is 2. The van der Waals surface area contributed by atoms with Gasteiger partial charge in [-0.2, -0.15) is 0 Å². The van der Waals surface area contributed by atoms with Gasteiger partial charge in [-0.1, -0.05) is 28.1 Å². The highest BCUT2D eigenvalue weighted by molar-refractivity contribution is 9.08. The summed E-state index contributed by atoms with van der Waals surface area (Å²) in [7, 11) is 1.64. The lowest BCUT2D eigenvalue weighted by Crippen LogP contribution is -1.82. The molecule has 0 atom stereocenters. The highest BCUT2D eigenvalue weighted by Crippen LogP contribution is 2.25. The van der Waals surface area contributed by atoms with E-state index in [0.717, 1.165) is 22.2 Å². The zero-order chi connectivity index (χ0) is 14.7. The Hall–Kier alpha value is -2.14. The Labute approximate surface area is 130 Å². The first kappa shape index (κ1) is 13.8. The number of hydrogen-bond acceptors (Lipinski definition) is 4. The van der Waals surface area contributed by atoms with Crippen molar-refractivity contribution in [3.05, 3.63) is 54.1 Å². The average Bonchev–Trinajstić information content (AvgIpc) is 3.05. The Morgan fingerprint density at radius 3 is 1.90 bits per heavy atom. The number of nitrogens with zero attached hydrogens (tertiary/aromatic N) is 2. The van der Waals surface area contributed by atoms with Crippen LogP contribution in [0.5, 0.6) is 5.75 Å². The minimum Gasteiger partial charge on any atom is -0.497 e. The maximum absolute atomic E-state index is 5.73. The summed E-state index contributed by atoms with van der Waals surface area (Å²) in [4.78, 5) is 0. The normalized spacial score (nSPS) is 10.6. The van der Waals surface area contributed by atoms with E-state index in [0.29, 0.717) is 11.8 Å². The fraction of sp³-hybridized carbons (Fsp3) is 0.125. The maximum atomic E-state index is 5.73. The zero-order valence-electron chi connectivity index (χ0n) is 11.4. The van der Waals surface area contributed by atoms with Gasteiger partial charge in [0.15, 0.2) is 0 Å². The van der Waals surface area contributed by atoms with Crippen molar-refractivity contribution in [3.63, 3.8) is 0 Å². The first-order valence-corrected chi connectivity index (χ1v) is 7.55. The molecular formula is C16H13BrN2O2. The molecule has 1 aromatic heterocycles. The van der Waals surface area contributed by atoms with Gasteiger partial charge in [0.2, 0.25) is 11.8 Å². The minimum atomic E-state index is 0.497. The van der Waals surface area contributed by atoms with Crippen molar-refractivity contribution in [2.45, 2.75) is 5.33 Å². The molecule has 1 heterocycles. The Balaban J connectivity index is 1.87. The maximum Gasteiger partial charge on any atom is 0.248 e. The van der Waals surface area contributed by atoms with Crippen molar-refractivity contribution in [2.75, 3.05) is 7.11 Å². The highest BCUT2D eigenvalue weighted by atomic mass is 79.9. The summed E-state index contributed by atoms with van der Waals surface area (Å²) in [6.45, 7) is 0. The molecule has 3 aromatic rings. The largest absolute Gasteiger partial charge is 0.497 e. The van der Waals surface area contributed by atoms with Gasteiger partial charge < -0.3 is 9.15 Å². The standard InChI is InChI=1S/C16H13BrN2O2/c1-20-14-8-6-13(7-9-14)16-19-18-15(21-16)12-4-2-11(10-17)3-5-12/h2-9H,10H2,1H3. The Morgan fingerprint density at radius 2 is 1.43 bits per heavy atom. The lowest BCUT2D eigenvalue weighted by atomic mass is 10.1. The molecule has 0 saturated heterocycles. The molecule has 0 aliphatic heterocycles. The molecule has 0 spiro atoms. The Kier molecular flexibility index (Phi) is 4.01. The van der Waals surface area contributed by atoms with Crippen molar-refractivity contribution in [1.29, 1.82) is 0 Å². The molecule has 0 radical (unpaired) electrons. The zero-order valence-corrected chi connectivity index (χ0v) is 13.0. The molecule has 3 rings (SSSR count). The van der Waals surface area contributed by atoms with Gasteiger partial charge in [0, 0.05) is 16.5 Å². The molecule has 0 bridgehead atoms. The van der Waals surface area contributed by atoms with E-state index in [9.17, 15) is 0 Å². The van der Waals surface area contributed by atoms with Gasteiger partial charge in [0.25, 0.3) is 0 Å². The third kappa shape index (κ3) is 2.97. The second-order valence-electron chi connectivity index (χ2n) is 4.47. The number of rotatable bonds is 4. The van der Waals surface area contributed by atoms with Gasteiger partial charge in [-0.3, -0.25) is 0 Å².